The predicted molar refractivity (Wildman–Crippen MR) is 92.7 cm³/mol. The summed E-state index contributed by atoms with van der Waals surface area (Å²) in [5, 5.41) is 3.39. The van der Waals surface area contributed by atoms with Crippen molar-refractivity contribution >= 4 is 40.8 Å². The van der Waals surface area contributed by atoms with E-state index in [-0.39, 0.29) is 13.0 Å². The number of esters is 1. The van der Waals surface area contributed by atoms with Crippen LogP contribution < -0.4 is 10.1 Å². The smallest absolute Gasteiger partial charge is 0.310 e. The SMILES string of the molecule is COc1cccc(NC(=O)COC(=O)Cc2ccc(Cl)c(Cl)c2)c1. The number of hydrogen-bond acceptors (Lipinski definition) is 4. The first-order chi connectivity index (χ1) is 11.5. The van der Waals surface area contributed by atoms with Gasteiger partial charge in [-0.3, -0.25) is 9.59 Å². The first-order valence-electron chi connectivity index (χ1n) is 7.01. The van der Waals surface area contributed by atoms with Crippen LogP contribution in [-0.2, 0) is 20.7 Å². The van der Waals surface area contributed by atoms with Gasteiger partial charge in [0.1, 0.15) is 5.75 Å². The van der Waals surface area contributed by atoms with Crippen molar-refractivity contribution in [2.75, 3.05) is 19.0 Å². The second-order valence-corrected chi connectivity index (χ2v) is 5.68. The third kappa shape index (κ3) is 5.44. The van der Waals surface area contributed by atoms with Gasteiger partial charge in [0.2, 0.25) is 0 Å². The van der Waals surface area contributed by atoms with Crippen molar-refractivity contribution in [3.8, 4) is 5.75 Å². The maximum atomic E-state index is 11.8. The molecule has 0 spiro atoms. The minimum atomic E-state index is -0.533. The summed E-state index contributed by atoms with van der Waals surface area (Å²) in [5.74, 6) is -0.357. The van der Waals surface area contributed by atoms with Crippen LogP contribution >= 0.6 is 23.2 Å². The van der Waals surface area contributed by atoms with Gasteiger partial charge in [-0.1, -0.05) is 35.3 Å². The molecule has 0 heterocycles. The molecule has 0 saturated heterocycles. The van der Waals surface area contributed by atoms with E-state index in [9.17, 15) is 9.59 Å². The molecule has 24 heavy (non-hydrogen) atoms. The minimum Gasteiger partial charge on any atom is -0.497 e. The molecule has 0 saturated carbocycles. The molecular weight excluding hydrogens is 353 g/mol. The zero-order chi connectivity index (χ0) is 17.5. The molecule has 0 aliphatic rings. The van der Waals surface area contributed by atoms with E-state index in [4.69, 9.17) is 32.7 Å². The van der Waals surface area contributed by atoms with E-state index in [2.05, 4.69) is 5.32 Å². The monoisotopic (exact) mass is 367 g/mol. The highest BCUT2D eigenvalue weighted by Gasteiger charge is 2.10. The fourth-order valence-electron chi connectivity index (χ4n) is 1.91. The number of halogens is 2. The third-order valence-electron chi connectivity index (χ3n) is 3.05. The number of amides is 1. The molecule has 2 rings (SSSR count). The summed E-state index contributed by atoms with van der Waals surface area (Å²) in [6, 6.07) is 11.7. The lowest BCUT2D eigenvalue weighted by atomic mass is 10.1. The van der Waals surface area contributed by atoms with Gasteiger partial charge in [0.15, 0.2) is 6.61 Å². The largest absolute Gasteiger partial charge is 0.497 e. The van der Waals surface area contributed by atoms with Crippen molar-refractivity contribution in [2.24, 2.45) is 0 Å². The number of benzene rings is 2. The van der Waals surface area contributed by atoms with E-state index in [0.717, 1.165) is 0 Å². The number of carbonyl (C=O) groups is 2. The highest BCUT2D eigenvalue weighted by molar-refractivity contribution is 6.42. The van der Waals surface area contributed by atoms with Crippen LogP contribution in [0.3, 0.4) is 0 Å². The van der Waals surface area contributed by atoms with Crippen LogP contribution in [0, 0.1) is 0 Å². The molecule has 0 aliphatic heterocycles. The molecule has 0 radical (unpaired) electrons. The van der Waals surface area contributed by atoms with Crippen LogP contribution in [0.2, 0.25) is 10.0 Å². The van der Waals surface area contributed by atoms with Gasteiger partial charge in [0.05, 0.1) is 23.6 Å². The van der Waals surface area contributed by atoms with Crippen molar-refractivity contribution in [2.45, 2.75) is 6.42 Å². The lowest BCUT2D eigenvalue weighted by Crippen LogP contribution is -2.21. The molecule has 1 amide bonds. The molecule has 0 bridgehead atoms. The molecule has 2 aromatic rings. The van der Waals surface area contributed by atoms with Gasteiger partial charge in [0.25, 0.3) is 5.91 Å². The van der Waals surface area contributed by atoms with Crippen LogP contribution in [0.1, 0.15) is 5.56 Å². The highest BCUT2D eigenvalue weighted by atomic mass is 35.5. The molecule has 7 heteroatoms. The zero-order valence-corrected chi connectivity index (χ0v) is 14.4. The van der Waals surface area contributed by atoms with Gasteiger partial charge in [-0.15, -0.1) is 0 Å². The Morgan fingerprint density at radius 1 is 1.08 bits per heavy atom. The molecule has 2 aromatic carbocycles. The maximum Gasteiger partial charge on any atom is 0.310 e. The number of anilines is 1. The summed E-state index contributed by atoms with van der Waals surface area (Å²) >= 11 is 11.7. The summed E-state index contributed by atoms with van der Waals surface area (Å²) in [7, 11) is 1.53. The maximum absolute atomic E-state index is 11.8. The average molecular weight is 368 g/mol. The van der Waals surface area contributed by atoms with E-state index >= 15 is 0 Å². The Kier molecular flexibility index (Phi) is 6.46. The van der Waals surface area contributed by atoms with Crippen LogP contribution in [0.5, 0.6) is 5.75 Å². The summed E-state index contributed by atoms with van der Waals surface area (Å²) < 4.78 is 10.0. The molecule has 0 aromatic heterocycles. The van der Waals surface area contributed by atoms with Crippen LogP contribution in [0.25, 0.3) is 0 Å². The topological polar surface area (TPSA) is 64.6 Å². The standard InChI is InChI=1S/C17H15Cl2NO4/c1-23-13-4-2-3-12(9-13)20-16(21)10-24-17(22)8-11-5-6-14(18)15(19)7-11/h2-7,9H,8,10H2,1H3,(H,20,21). The van der Waals surface area contributed by atoms with Crippen molar-refractivity contribution in [3.63, 3.8) is 0 Å². The first kappa shape index (κ1) is 18.1. The number of nitrogens with one attached hydrogen (secondary N) is 1. The zero-order valence-electron chi connectivity index (χ0n) is 12.8. The number of carbonyl (C=O) groups excluding carboxylic acids is 2. The Labute approximate surface area is 149 Å². The van der Waals surface area contributed by atoms with Gasteiger partial charge in [-0.25, -0.2) is 0 Å². The van der Waals surface area contributed by atoms with Crippen LogP contribution in [0.4, 0.5) is 5.69 Å². The lowest BCUT2D eigenvalue weighted by Gasteiger charge is -2.08. The van der Waals surface area contributed by atoms with Gasteiger partial charge in [-0.2, -0.15) is 0 Å². The van der Waals surface area contributed by atoms with Crippen molar-refractivity contribution < 1.29 is 19.1 Å². The van der Waals surface area contributed by atoms with Crippen LogP contribution in [0.15, 0.2) is 42.5 Å². The fourth-order valence-corrected chi connectivity index (χ4v) is 2.23. The van der Waals surface area contributed by atoms with Crippen molar-refractivity contribution in [1.82, 2.24) is 0 Å². The average Bonchev–Trinajstić information content (AvgIpc) is 2.56. The third-order valence-corrected chi connectivity index (χ3v) is 3.79. The van der Waals surface area contributed by atoms with Crippen molar-refractivity contribution in [3.05, 3.63) is 58.1 Å². The van der Waals surface area contributed by atoms with Gasteiger partial charge < -0.3 is 14.8 Å². The number of methoxy groups -OCH3 is 1. The van der Waals surface area contributed by atoms with E-state index in [1.165, 1.54) is 7.11 Å². The van der Waals surface area contributed by atoms with Gasteiger partial charge in [0, 0.05) is 11.8 Å². The Morgan fingerprint density at radius 2 is 1.88 bits per heavy atom. The van der Waals surface area contributed by atoms with E-state index < -0.39 is 11.9 Å². The molecule has 0 atom stereocenters. The number of hydrogen-bond donors (Lipinski definition) is 1. The lowest BCUT2D eigenvalue weighted by molar-refractivity contribution is -0.146. The molecule has 126 valence electrons. The highest BCUT2D eigenvalue weighted by Crippen LogP contribution is 2.23. The number of ether oxygens (including phenoxy) is 2. The normalized spacial score (nSPS) is 10.1. The molecule has 0 aliphatic carbocycles. The van der Waals surface area contributed by atoms with E-state index in [1.807, 2.05) is 0 Å². The summed E-state index contributed by atoms with van der Waals surface area (Å²) in [6.07, 6.45) is 0.00330. The molecule has 1 N–H and O–H groups in total. The fraction of sp³-hybridized carbons (Fsp3) is 0.176. The van der Waals surface area contributed by atoms with Gasteiger partial charge in [-0.05, 0) is 29.8 Å². The summed E-state index contributed by atoms with van der Waals surface area (Å²) in [6.45, 7) is -0.378. The second kappa shape index (κ2) is 8.57. The second-order valence-electron chi connectivity index (χ2n) is 4.87. The van der Waals surface area contributed by atoms with Gasteiger partial charge >= 0.3 is 5.97 Å². The Bertz CT molecular complexity index is 749. The molecule has 5 nitrogen and oxygen atoms in total. The summed E-state index contributed by atoms with van der Waals surface area (Å²) in [4.78, 5) is 23.6. The van der Waals surface area contributed by atoms with Crippen LogP contribution in [-0.4, -0.2) is 25.6 Å². The Morgan fingerprint density at radius 3 is 2.58 bits per heavy atom. The Balaban J connectivity index is 1.82. The minimum absolute atomic E-state index is 0.00330. The molecule has 0 fully saturated rings. The predicted octanol–water partition coefficient (Wildman–Crippen LogP) is 3.73. The Hall–Kier alpha value is -2.24. The first-order valence-corrected chi connectivity index (χ1v) is 7.77. The van der Waals surface area contributed by atoms with Crippen molar-refractivity contribution in [1.29, 1.82) is 0 Å². The van der Waals surface area contributed by atoms with E-state index in [0.29, 0.717) is 27.0 Å². The van der Waals surface area contributed by atoms with E-state index in [1.54, 1.807) is 42.5 Å². The molecule has 0 unspecified atom stereocenters. The summed E-state index contributed by atoms with van der Waals surface area (Å²) in [5.41, 5.74) is 1.21. The quantitative estimate of drug-likeness (QED) is 0.790. The molecular formula is C17H15Cl2NO4. The number of rotatable bonds is 6.